The highest BCUT2D eigenvalue weighted by atomic mass is 16.5. The molecule has 10 rings (SSSR count). The van der Waals surface area contributed by atoms with Crippen LogP contribution in [0.25, 0.3) is 66.1 Å². The van der Waals surface area contributed by atoms with Crippen LogP contribution in [0.4, 0.5) is 0 Å². The molecule has 45 heavy (non-hydrogen) atoms. The minimum Gasteiger partial charge on any atom is -0.485 e. The molecule has 0 radical (unpaired) electrons. The highest BCUT2D eigenvalue weighted by Gasteiger charge is 2.34. The molecule has 212 valence electrons. The van der Waals surface area contributed by atoms with Crippen LogP contribution in [-0.2, 0) is 0 Å². The number of ether oxygens (including phenoxy) is 1. The average molecular weight is 577 g/mol. The third-order valence-electron chi connectivity index (χ3n) is 9.65. The maximum Gasteiger partial charge on any atom is 0.128 e. The molecular weight excluding hydrogens is 548 g/mol. The van der Waals surface area contributed by atoms with Crippen molar-refractivity contribution in [2.24, 2.45) is 0 Å². The van der Waals surface area contributed by atoms with Gasteiger partial charge in [-0.25, -0.2) is 0 Å². The first-order valence-electron chi connectivity index (χ1n) is 15.6. The summed E-state index contributed by atoms with van der Waals surface area (Å²) in [6, 6.07) is 50.3. The molecule has 0 N–H and O–H groups in total. The Morgan fingerprint density at radius 2 is 1.11 bits per heavy atom. The second-order valence-corrected chi connectivity index (χ2v) is 12.1. The summed E-state index contributed by atoms with van der Waals surface area (Å²) in [5.41, 5.74) is 10.9. The number of hydrogen-bond acceptors (Lipinski definition) is 1. The number of aromatic nitrogens is 2. The fraction of sp³-hybridized carbons (Fsp3) is 0.0476. The summed E-state index contributed by atoms with van der Waals surface area (Å²) in [6.07, 6.45) is 6.86. The number of para-hydroxylation sites is 3. The van der Waals surface area contributed by atoms with Crippen molar-refractivity contribution in [2.75, 3.05) is 0 Å². The molecular formula is C42H28N2O. The van der Waals surface area contributed by atoms with E-state index >= 15 is 0 Å². The predicted molar refractivity (Wildman–Crippen MR) is 186 cm³/mol. The molecule has 2 unspecified atom stereocenters. The molecule has 8 aromatic rings. The van der Waals surface area contributed by atoms with Gasteiger partial charge in [0.25, 0.3) is 0 Å². The summed E-state index contributed by atoms with van der Waals surface area (Å²) in [5.74, 6) is 1.08. The van der Waals surface area contributed by atoms with Crippen LogP contribution in [0.3, 0.4) is 0 Å². The number of rotatable bonds is 3. The summed E-state index contributed by atoms with van der Waals surface area (Å²) >= 11 is 0. The third kappa shape index (κ3) is 3.58. The van der Waals surface area contributed by atoms with Gasteiger partial charge in [-0.15, -0.1) is 0 Å². The molecule has 0 fully saturated rings. The highest BCUT2D eigenvalue weighted by Crippen LogP contribution is 2.46. The van der Waals surface area contributed by atoms with Crippen molar-refractivity contribution in [1.29, 1.82) is 0 Å². The minimum absolute atomic E-state index is 0.0186. The summed E-state index contributed by atoms with van der Waals surface area (Å²) < 4.78 is 11.3. The second kappa shape index (κ2) is 9.35. The molecule has 0 bridgehead atoms. The van der Waals surface area contributed by atoms with E-state index in [1.54, 1.807) is 0 Å². The number of nitrogens with zero attached hydrogens (tertiary/aromatic N) is 2. The zero-order valence-electron chi connectivity index (χ0n) is 24.5. The van der Waals surface area contributed by atoms with Crippen LogP contribution in [-0.4, -0.2) is 15.2 Å². The Morgan fingerprint density at radius 3 is 1.84 bits per heavy atom. The molecule has 2 atom stereocenters. The molecule has 0 saturated carbocycles. The van der Waals surface area contributed by atoms with Crippen LogP contribution >= 0.6 is 0 Å². The van der Waals surface area contributed by atoms with Gasteiger partial charge in [-0.05, 0) is 77.9 Å². The zero-order valence-corrected chi connectivity index (χ0v) is 24.5. The lowest BCUT2D eigenvalue weighted by Crippen LogP contribution is -2.18. The molecule has 1 aliphatic carbocycles. The summed E-state index contributed by atoms with van der Waals surface area (Å²) in [5, 5.41) is 5.07. The van der Waals surface area contributed by atoms with Gasteiger partial charge < -0.3 is 13.9 Å². The van der Waals surface area contributed by atoms with Crippen molar-refractivity contribution in [3.05, 3.63) is 163 Å². The van der Waals surface area contributed by atoms with Crippen LogP contribution in [0.5, 0.6) is 5.75 Å². The van der Waals surface area contributed by atoms with Crippen LogP contribution < -0.4 is 4.74 Å². The molecule has 2 aliphatic rings. The topological polar surface area (TPSA) is 19.1 Å². The maximum atomic E-state index is 6.51. The van der Waals surface area contributed by atoms with Crippen molar-refractivity contribution in [1.82, 2.24) is 9.13 Å². The van der Waals surface area contributed by atoms with Crippen LogP contribution in [0.2, 0.25) is 0 Å². The Balaban J connectivity index is 1.13. The van der Waals surface area contributed by atoms with Gasteiger partial charge in [-0.3, -0.25) is 0 Å². The van der Waals surface area contributed by atoms with E-state index in [1.165, 1.54) is 66.0 Å². The lowest BCUT2D eigenvalue weighted by atomic mass is 9.90. The monoisotopic (exact) mass is 576 g/mol. The van der Waals surface area contributed by atoms with E-state index in [4.69, 9.17) is 4.74 Å². The Morgan fingerprint density at radius 1 is 0.489 bits per heavy atom. The van der Waals surface area contributed by atoms with Gasteiger partial charge in [-0.1, -0.05) is 91.0 Å². The second-order valence-electron chi connectivity index (χ2n) is 12.1. The lowest BCUT2D eigenvalue weighted by Gasteiger charge is -2.20. The zero-order chi connectivity index (χ0) is 29.5. The van der Waals surface area contributed by atoms with E-state index in [1.807, 2.05) is 0 Å². The highest BCUT2D eigenvalue weighted by molar-refractivity contribution is 6.12. The van der Waals surface area contributed by atoms with E-state index in [-0.39, 0.29) is 12.0 Å². The average Bonchev–Trinajstić information content (AvgIpc) is 3.75. The third-order valence-corrected chi connectivity index (χ3v) is 9.65. The Bertz CT molecular complexity index is 2470. The number of fused-ring (bicyclic) bond motifs is 9. The fourth-order valence-electron chi connectivity index (χ4n) is 7.63. The van der Waals surface area contributed by atoms with Crippen LogP contribution in [0, 0.1) is 0 Å². The van der Waals surface area contributed by atoms with Crippen molar-refractivity contribution < 1.29 is 4.74 Å². The SMILES string of the molecule is C1=CC2Oc3ccc(-n4c5ccccc5c5ccccc54)cc3C2C=C1n1c2ccccc2c2cc(-c3ccccc3)ccc21. The van der Waals surface area contributed by atoms with Gasteiger partial charge in [0.05, 0.1) is 22.1 Å². The molecule has 3 heterocycles. The minimum atomic E-state index is -0.0186. The molecule has 1 aliphatic heterocycles. The summed E-state index contributed by atoms with van der Waals surface area (Å²) in [6.45, 7) is 0. The van der Waals surface area contributed by atoms with Crippen LogP contribution in [0.15, 0.2) is 158 Å². The molecule has 2 aromatic heterocycles. The Labute approximate surface area is 260 Å². The predicted octanol–water partition coefficient (Wildman–Crippen LogP) is 10.5. The van der Waals surface area contributed by atoms with Gasteiger partial charge in [0.2, 0.25) is 0 Å². The van der Waals surface area contributed by atoms with Crippen LogP contribution in [0.1, 0.15) is 11.5 Å². The quantitative estimate of drug-likeness (QED) is 0.205. The van der Waals surface area contributed by atoms with Crippen molar-refractivity contribution in [3.8, 4) is 22.6 Å². The molecule has 6 aromatic carbocycles. The number of hydrogen-bond donors (Lipinski definition) is 0. The lowest BCUT2D eigenvalue weighted by molar-refractivity contribution is 0.269. The largest absolute Gasteiger partial charge is 0.485 e. The van der Waals surface area contributed by atoms with E-state index in [0.29, 0.717) is 0 Å². The fourth-order valence-corrected chi connectivity index (χ4v) is 7.63. The number of allylic oxidation sites excluding steroid dienone is 2. The smallest absolute Gasteiger partial charge is 0.128 e. The van der Waals surface area contributed by atoms with E-state index < -0.39 is 0 Å². The normalized spacial score (nSPS) is 17.1. The van der Waals surface area contributed by atoms with Gasteiger partial charge in [0, 0.05) is 44.4 Å². The summed E-state index contributed by atoms with van der Waals surface area (Å²) in [7, 11) is 0. The molecule has 3 heteroatoms. The van der Waals surface area contributed by atoms with Gasteiger partial charge in [-0.2, -0.15) is 0 Å². The van der Waals surface area contributed by atoms with Gasteiger partial charge in [0.15, 0.2) is 0 Å². The number of benzene rings is 6. The molecule has 0 spiro atoms. The molecule has 3 nitrogen and oxygen atoms in total. The van der Waals surface area contributed by atoms with Crippen molar-refractivity contribution >= 4 is 49.3 Å². The van der Waals surface area contributed by atoms with Gasteiger partial charge >= 0.3 is 0 Å². The maximum absolute atomic E-state index is 6.51. The first-order valence-corrected chi connectivity index (χ1v) is 15.6. The summed E-state index contributed by atoms with van der Waals surface area (Å²) in [4.78, 5) is 0. The first kappa shape index (κ1) is 24.6. The van der Waals surface area contributed by atoms with Gasteiger partial charge in [0.1, 0.15) is 11.9 Å². The standard InChI is InChI=1S/C42H28N2O/c1-2-10-27(11-3-1)28-18-21-40-34(24-28)33-14-6-9-17-39(33)44(40)30-20-23-42-36(26-30)35-25-29(19-22-41(35)45-42)43-37-15-7-4-12-31(37)32-13-5-8-16-38(32)43/h1-26,36,42H. The van der Waals surface area contributed by atoms with Crippen molar-refractivity contribution in [2.45, 2.75) is 12.0 Å². The Kier molecular flexibility index (Phi) is 5.11. The molecule has 0 amide bonds. The van der Waals surface area contributed by atoms with E-state index in [0.717, 1.165) is 11.4 Å². The van der Waals surface area contributed by atoms with E-state index in [9.17, 15) is 0 Å². The van der Waals surface area contributed by atoms with Crippen molar-refractivity contribution in [3.63, 3.8) is 0 Å². The first-order chi connectivity index (χ1) is 22.3. The van der Waals surface area contributed by atoms with E-state index in [2.05, 4.69) is 167 Å². The Hall–Kier alpha value is -5.80. The molecule has 0 saturated heterocycles.